The number of halogens is 2. The lowest BCUT2D eigenvalue weighted by molar-refractivity contribution is -0.147. The molecule has 0 aliphatic carbocycles. The number of carbonyl (C=O) groups excluding carboxylic acids is 1. The number of anilines is 1. The zero-order valence-corrected chi connectivity index (χ0v) is 14.0. The molecule has 2 heterocycles. The Hall–Kier alpha value is -2.84. The normalized spacial score (nSPS) is 10.8. The van der Waals surface area contributed by atoms with E-state index >= 15 is 0 Å². The second-order valence-electron chi connectivity index (χ2n) is 5.07. The highest BCUT2D eigenvalue weighted by Crippen LogP contribution is 2.22. The molecular weight excluding hydrogens is 371 g/mol. The largest absolute Gasteiger partial charge is 0.474 e. The van der Waals surface area contributed by atoms with E-state index in [-0.39, 0.29) is 18.0 Å². The van der Waals surface area contributed by atoms with Crippen LogP contribution in [0.2, 0.25) is 10.0 Å². The first-order valence-electron chi connectivity index (χ1n) is 6.92. The average Bonchev–Trinajstić information content (AvgIpc) is 2.97. The Kier molecular flexibility index (Phi) is 4.47. The highest BCUT2D eigenvalue weighted by atomic mass is 35.5. The van der Waals surface area contributed by atoms with E-state index in [0.29, 0.717) is 10.0 Å². The zero-order valence-electron chi connectivity index (χ0n) is 12.4. The van der Waals surface area contributed by atoms with E-state index in [0.717, 1.165) is 9.96 Å². The molecular formula is C15H10Cl2N4O4. The van der Waals surface area contributed by atoms with E-state index in [1.807, 2.05) is 0 Å². The van der Waals surface area contributed by atoms with Crippen molar-refractivity contribution in [1.82, 2.24) is 14.0 Å². The van der Waals surface area contributed by atoms with E-state index in [1.165, 1.54) is 23.0 Å². The number of carbonyl (C=O) groups is 2. The molecule has 0 saturated carbocycles. The SMILES string of the molecule is O=C(O)C(=O)Nc1ccc2ncn(Cc3ccc(Cl)c(Cl)c3)c(=O)n12. The minimum absolute atomic E-state index is 0.0170. The molecule has 1 amide bonds. The fourth-order valence-electron chi connectivity index (χ4n) is 2.24. The summed E-state index contributed by atoms with van der Waals surface area (Å²) in [4.78, 5) is 38.8. The van der Waals surface area contributed by atoms with E-state index in [9.17, 15) is 14.4 Å². The lowest BCUT2D eigenvalue weighted by Gasteiger charge is -2.09. The molecule has 10 heteroatoms. The molecule has 0 unspecified atom stereocenters. The summed E-state index contributed by atoms with van der Waals surface area (Å²) in [5.41, 5.74) is 0.499. The molecule has 0 atom stereocenters. The van der Waals surface area contributed by atoms with Crippen LogP contribution in [-0.2, 0) is 16.1 Å². The van der Waals surface area contributed by atoms with Crippen LogP contribution in [0.1, 0.15) is 5.56 Å². The van der Waals surface area contributed by atoms with E-state index < -0.39 is 17.6 Å². The van der Waals surface area contributed by atoms with Gasteiger partial charge >= 0.3 is 17.6 Å². The smallest absolute Gasteiger partial charge is 0.394 e. The number of carboxylic acid groups (broad SMARTS) is 1. The molecule has 8 nitrogen and oxygen atoms in total. The summed E-state index contributed by atoms with van der Waals surface area (Å²) in [5.74, 6) is -2.89. The quantitative estimate of drug-likeness (QED) is 0.674. The van der Waals surface area contributed by atoms with Gasteiger partial charge in [0.15, 0.2) is 0 Å². The highest BCUT2D eigenvalue weighted by molar-refractivity contribution is 6.42. The van der Waals surface area contributed by atoms with Gasteiger partial charge < -0.3 is 10.4 Å². The van der Waals surface area contributed by atoms with Crippen molar-refractivity contribution >= 4 is 46.5 Å². The van der Waals surface area contributed by atoms with Crippen molar-refractivity contribution in [2.45, 2.75) is 6.54 Å². The van der Waals surface area contributed by atoms with Gasteiger partial charge in [-0.25, -0.2) is 19.0 Å². The minimum atomic E-state index is -1.66. The minimum Gasteiger partial charge on any atom is -0.474 e. The van der Waals surface area contributed by atoms with Crippen molar-refractivity contribution in [2.24, 2.45) is 0 Å². The number of benzene rings is 1. The molecule has 0 fully saturated rings. The monoisotopic (exact) mass is 380 g/mol. The number of rotatable bonds is 3. The third kappa shape index (κ3) is 3.35. The first-order valence-corrected chi connectivity index (χ1v) is 7.67. The van der Waals surface area contributed by atoms with Crippen molar-refractivity contribution < 1.29 is 14.7 Å². The lowest BCUT2D eigenvalue weighted by Crippen LogP contribution is -2.30. The molecule has 25 heavy (non-hydrogen) atoms. The van der Waals surface area contributed by atoms with Gasteiger partial charge in [0.1, 0.15) is 17.8 Å². The second-order valence-corrected chi connectivity index (χ2v) is 5.89. The third-order valence-electron chi connectivity index (χ3n) is 3.40. The van der Waals surface area contributed by atoms with Gasteiger partial charge in [0.05, 0.1) is 16.6 Å². The zero-order chi connectivity index (χ0) is 18.1. The standard InChI is InChI=1S/C15H10Cl2N4O4/c16-9-2-1-8(5-10(9)17)6-20-7-18-11-3-4-12(21(11)15(20)25)19-13(22)14(23)24/h1-5,7H,6H2,(H,19,22)(H,23,24). The fourth-order valence-corrected chi connectivity index (χ4v) is 2.57. The van der Waals surface area contributed by atoms with Gasteiger partial charge in [-0.3, -0.25) is 9.36 Å². The summed E-state index contributed by atoms with van der Waals surface area (Å²) in [6.45, 7) is 0.170. The Morgan fingerprint density at radius 3 is 2.60 bits per heavy atom. The summed E-state index contributed by atoms with van der Waals surface area (Å²) in [7, 11) is 0. The van der Waals surface area contributed by atoms with Crippen molar-refractivity contribution in [3.63, 3.8) is 0 Å². The predicted molar refractivity (Wildman–Crippen MR) is 91.3 cm³/mol. The van der Waals surface area contributed by atoms with Crippen molar-refractivity contribution in [1.29, 1.82) is 0 Å². The number of aliphatic carboxylic acids is 1. The molecule has 0 aliphatic heterocycles. The molecule has 2 aromatic heterocycles. The fraction of sp³-hybridized carbons (Fsp3) is 0.0667. The van der Waals surface area contributed by atoms with Gasteiger partial charge in [-0.1, -0.05) is 29.3 Å². The molecule has 1 aromatic carbocycles. The number of aromatic nitrogens is 3. The van der Waals surface area contributed by atoms with Gasteiger partial charge in [0.2, 0.25) is 0 Å². The number of nitrogens with one attached hydrogen (secondary N) is 1. The van der Waals surface area contributed by atoms with Gasteiger partial charge in [-0.05, 0) is 29.8 Å². The lowest BCUT2D eigenvalue weighted by atomic mass is 10.2. The number of hydrogen-bond acceptors (Lipinski definition) is 4. The van der Waals surface area contributed by atoms with E-state index in [1.54, 1.807) is 18.2 Å². The van der Waals surface area contributed by atoms with Crippen molar-refractivity contribution in [3.8, 4) is 0 Å². The molecule has 0 aliphatic rings. The van der Waals surface area contributed by atoms with Crippen LogP contribution in [0.5, 0.6) is 0 Å². The van der Waals surface area contributed by atoms with Gasteiger partial charge in [-0.15, -0.1) is 0 Å². The summed E-state index contributed by atoms with van der Waals surface area (Å²) in [6, 6.07) is 7.84. The maximum atomic E-state index is 12.6. The molecule has 0 spiro atoms. The Balaban J connectivity index is 2.01. The predicted octanol–water partition coefficient (Wildman–Crippen LogP) is 1.87. The van der Waals surface area contributed by atoms with Crippen LogP contribution < -0.4 is 11.0 Å². The Labute approximate surface area is 150 Å². The van der Waals surface area contributed by atoms with Crippen LogP contribution in [0.4, 0.5) is 5.82 Å². The van der Waals surface area contributed by atoms with Crippen LogP contribution >= 0.6 is 23.2 Å². The number of nitrogens with zero attached hydrogens (tertiary/aromatic N) is 3. The van der Waals surface area contributed by atoms with Crippen molar-refractivity contribution in [2.75, 3.05) is 5.32 Å². The molecule has 3 aromatic rings. The van der Waals surface area contributed by atoms with Crippen LogP contribution in [0, 0.1) is 0 Å². The Bertz CT molecular complexity index is 1060. The maximum Gasteiger partial charge on any atom is 0.394 e. The molecule has 2 N–H and O–H groups in total. The molecule has 0 radical (unpaired) electrons. The number of fused-ring (bicyclic) bond motifs is 1. The topological polar surface area (TPSA) is 106 Å². The van der Waals surface area contributed by atoms with Gasteiger partial charge in [-0.2, -0.15) is 0 Å². The number of hydrogen-bond donors (Lipinski definition) is 2. The summed E-state index contributed by atoms with van der Waals surface area (Å²) < 4.78 is 2.40. The number of amides is 1. The summed E-state index contributed by atoms with van der Waals surface area (Å²) in [6.07, 6.45) is 1.35. The summed E-state index contributed by atoms with van der Waals surface area (Å²) >= 11 is 11.8. The van der Waals surface area contributed by atoms with Gasteiger partial charge in [0.25, 0.3) is 0 Å². The highest BCUT2D eigenvalue weighted by Gasteiger charge is 2.15. The first-order chi connectivity index (χ1) is 11.9. The van der Waals surface area contributed by atoms with Crippen LogP contribution in [0.3, 0.4) is 0 Å². The van der Waals surface area contributed by atoms with Gasteiger partial charge in [0, 0.05) is 0 Å². The van der Waals surface area contributed by atoms with Crippen LogP contribution in [-0.4, -0.2) is 30.9 Å². The summed E-state index contributed by atoms with van der Waals surface area (Å²) in [5, 5.41) is 11.6. The second kappa shape index (κ2) is 6.58. The number of carboxylic acids is 1. The molecule has 0 bridgehead atoms. The van der Waals surface area contributed by atoms with Crippen LogP contribution in [0.15, 0.2) is 41.5 Å². The molecule has 0 saturated heterocycles. The molecule has 128 valence electrons. The Morgan fingerprint density at radius 2 is 1.92 bits per heavy atom. The Morgan fingerprint density at radius 1 is 1.16 bits per heavy atom. The third-order valence-corrected chi connectivity index (χ3v) is 4.14. The van der Waals surface area contributed by atoms with Crippen molar-refractivity contribution in [3.05, 3.63) is 62.8 Å². The first kappa shape index (κ1) is 17.0. The van der Waals surface area contributed by atoms with Crippen LogP contribution in [0.25, 0.3) is 5.65 Å². The average molecular weight is 381 g/mol. The molecule has 3 rings (SSSR count). The van der Waals surface area contributed by atoms with E-state index in [2.05, 4.69) is 10.3 Å². The van der Waals surface area contributed by atoms with E-state index in [4.69, 9.17) is 28.3 Å². The maximum absolute atomic E-state index is 12.6.